The van der Waals surface area contributed by atoms with Crippen molar-refractivity contribution in [1.29, 1.82) is 0 Å². The van der Waals surface area contributed by atoms with Gasteiger partial charge in [-0.05, 0) is 30.3 Å². The molecular weight excluding hydrogens is 283 g/mol. The first-order valence-electron chi connectivity index (χ1n) is 6.05. The fourth-order valence-electron chi connectivity index (χ4n) is 1.63. The molecule has 0 N–H and O–H groups in total. The van der Waals surface area contributed by atoms with Crippen LogP contribution in [0.1, 0.15) is 0 Å². The van der Waals surface area contributed by atoms with Crippen molar-refractivity contribution in [1.82, 2.24) is 4.98 Å². The molecule has 0 saturated carbocycles. The van der Waals surface area contributed by atoms with Crippen molar-refractivity contribution in [3.8, 4) is 22.9 Å². The Morgan fingerprint density at radius 1 is 1.10 bits per heavy atom. The van der Waals surface area contributed by atoms with Crippen LogP contribution in [0.15, 0.2) is 55.1 Å². The van der Waals surface area contributed by atoms with Crippen molar-refractivity contribution < 1.29 is 22.6 Å². The number of pyridine rings is 1. The van der Waals surface area contributed by atoms with Gasteiger partial charge in [0.2, 0.25) is 5.88 Å². The summed E-state index contributed by atoms with van der Waals surface area (Å²) in [4.78, 5) is 4.25. The zero-order chi connectivity index (χ0) is 15.3. The van der Waals surface area contributed by atoms with Crippen LogP contribution in [0.25, 0.3) is 11.3 Å². The highest BCUT2D eigenvalue weighted by Crippen LogP contribution is 2.26. The lowest BCUT2D eigenvalue weighted by Gasteiger charge is -2.09. The molecular formula is C15H12F3NO2. The number of rotatable bonds is 5. The Bertz CT molecular complexity index is 609. The van der Waals surface area contributed by atoms with E-state index in [1.54, 1.807) is 24.3 Å². The Balaban J connectivity index is 2.16. The number of alkyl halides is 3. The molecule has 0 aliphatic heterocycles. The third kappa shape index (κ3) is 4.52. The third-order valence-electron chi connectivity index (χ3n) is 2.46. The Labute approximate surface area is 119 Å². The summed E-state index contributed by atoms with van der Waals surface area (Å²) < 4.78 is 45.3. The van der Waals surface area contributed by atoms with Gasteiger partial charge in [0.25, 0.3) is 0 Å². The molecule has 0 saturated heterocycles. The van der Waals surface area contributed by atoms with Gasteiger partial charge in [-0.25, -0.2) is 4.98 Å². The minimum absolute atomic E-state index is 0.273. The first-order chi connectivity index (χ1) is 9.98. The van der Waals surface area contributed by atoms with E-state index in [0.29, 0.717) is 23.7 Å². The van der Waals surface area contributed by atoms with E-state index in [0.717, 1.165) is 0 Å². The summed E-state index contributed by atoms with van der Waals surface area (Å²) in [5.41, 5.74) is 1.25. The van der Waals surface area contributed by atoms with Gasteiger partial charge >= 0.3 is 6.36 Å². The van der Waals surface area contributed by atoms with Gasteiger partial charge in [0.1, 0.15) is 12.4 Å². The Hall–Kier alpha value is -2.50. The zero-order valence-electron chi connectivity index (χ0n) is 10.9. The molecule has 0 radical (unpaired) electrons. The lowest BCUT2D eigenvalue weighted by molar-refractivity contribution is -0.274. The van der Waals surface area contributed by atoms with Crippen LogP contribution in [-0.2, 0) is 0 Å². The van der Waals surface area contributed by atoms with E-state index >= 15 is 0 Å². The zero-order valence-corrected chi connectivity index (χ0v) is 10.9. The van der Waals surface area contributed by atoms with E-state index in [4.69, 9.17) is 4.74 Å². The Morgan fingerprint density at radius 3 is 2.43 bits per heavy atom. The molecule has 0 atom stereocenters. The van der Waals surface area contributed by atoms with Crippen molar-refractivity contribution in [3.05, 3.63) is 55.1 Å². The maximum atomic E-state index is 12.1. The number of ether oxygens (including phenoxy) is 2. The molecule has 1 aromatic carbocycles. The molecule has 0 unspecified atom stereocenters. The third-order valence-corrected chi connectivity index (χ3v) is 2.46. The van der Waals surface area contributed by atoms with Gasteiger partial charge in [0, 0.05) is 11.6 Å². The number of aromatic nitrogens is 1. The van der Waals surface area contributed by atoms with Crippen molar-refractivity contribution >= 4 is 0 Å². The van der Waals surface area contributed by atoms with Crippen molar-refractivity contribution in [2.45, 2.75) is 6.36 Å². The molecule has 0 amide bonds. The maximum absolute atomic E-state index is 12.1. The minimum atomic E-state index is -4.70. The van der Waals surface area contributed by atoms with Gasteiger partial charge in [0.05, 0.1) is 5.69 Å². The highest BCUT2D eigenvalue weighted by molar-refractivity contribution is 5.60. The molecule has 0 bridgehead atoms. The molecule has 2 rings (SSSR count). The smallest absolute Gasteiger partial charge is 0.473 e. The quantitative estimate of drug-likeness (QED) is 0.774. The molecule has 0 aliphatic carbocycles. The van der Waals surface area contributed by atoms with Gasteiger partial charge in [0.15, 0.2) is 0 Å². The van der Waals surface area contributed by atoms with Crippen LogP contribution in [-0.4, -0.2) is 18.0 Å². The van der Waals surface area contributed by atoms with Crippen molar-refractivity contribution in [2.24, 2.45) is 0 Å². The predicted molar refractivity (Wildman–Crippen MR) is 72.0 cm³/mol. The van der Waals surface area contributed by atoms with Crippen molar-refractivity contribution in [2.75, 3.05) is 6.61 Å². The van der Waals surface area contributed by atoms with E-state index < -0.39 is 6.36 Å². The Kier molecular flexibility index (Phi) is 4.47. The molecule has 0 fully saturated rings. The summed E-state index contributed by atoms with van der Waals surface area (Å²) in [5.74, 6) is 0.147. The monoisotopic (exact) mass is 295 g/mol. The summed E-state index contributed by atoms with van der Waals surface area (Å²) in [6.07, 6.45) is -3.10. The molecule has 0 aliphatic rings. The lowest BCUT2D eigenvalue weighted by Crippen LogP contribution is -2.16. The van der Waals surface area contributed by atoms with E-state index in [1.165, 1.54) is 24.3 Å². The van der Waals surface area contributed by atoms with E-state index in [-0.39, 0.29) is 5.75 Å². The average molecular weight is 295 g/mol. The first-order valence-corrected chi connectivity index (χ1v) is 6.05. The van der Waals surface area contributed by atoms with Crippen LogP contribution < -0.4 is 9.47 Å². The minimum Gasteiger partial charge on any atom is -0.473 e. The molecule has 0 spiro atoms. The number of hydrogen-bond donors (Lipinski definition) is 0. The number of nitrogens with zero attached hydrogens (tertiary/aromatic N) is 1. The normalized spacial score (nSPS) is 11.0. The molecule has 1 heterocycles. The molecule has 110 valence electrons. The summed E-state index contributed by atoms with van der Waals surface area (Å²) in [7, 11) is 0. The topological polar surface area (TPSA) is 31.4 Å². The van der Waals surface area contributed by atoms with Crippen LogP contribution in [0.4, 0.5) is 13.2 Å². The summed E-state index contributed by atoms with van der Waals surface area (Å²) in [6, 6.07) is 10.7. The standard InChI is InChI=1S/C15H12F3NO2/c1-2-10-20-14-5-3-4-13(19-14)11-6-8-12(9-7-11)21-15(16,17)18/h2-9H,1,10H2. The van der Waals surface area contributed by atoms with E-state index in [9.17, 15) is 13.2 Å². The highest BCUT2D eigenvalue weighted by atomic mass is 19.4. The van der Waals surface area contributed by atoms with E-state index in [1.807, 2.05) is 0 Å². The van der Waals surface area contributed by atoms with Crippen LogP contribution in [0.3, 0.4) is 0 Å². The second-order valence-corrected chi connectivity index (χ2v) is 4.03. The fraction of sp³-hybridized carbons (Fsp3) is 0.133. The summed E-state index contributed by atoms with van der Waals surface area (Å²) in [6.45, 7) is 3.86. The fourth-order valence-corrected chi connectivity index (χ4v) is 1.63. The molecule has 3 nitrogen and oxygen atoms in total. The second kappa shape index (κ2) is 6.30. The molecule has 2 aromatic rings. The first kappa shape index (κ1) is 14.9. The predicted octanol–water partition coefficient (Wildman–Crippen LogP) is 4.21. The molecule has 1 aromatic heterocycles. The number of hydrogen-bond acceptors (Lipinski definition) is 3. The molecule has 6 heteroatoms. The van der Waals surface area contributed by atoms with Gasteiger partial charge in [-0.3, -0.25) is 0 Å². The second-order valence-electron chi connectivity index (χ2n) is 4.03. The summed E-state index contributed by atoms with van der Waals surface area (Å²) >= 11 is 0. The van der Waals surface area contributed by atoms with Gasteiger partial charge < -0.3 is 9.47 Å². The lowest BCUT2D eigenvalue weighted by atomic mass is 10.1. The van der Waals surface area contributed by atoms with Gasteiger partial charge in [-0.15, -0.1) is 13.2 Å². The maximum Gasteiger partial charge on any atom is 0.573 e. The largest absolute Gasteiger partial charge is 0.573 e. The molecule has 21 heavy (non-hydrogen) atoms. The number of halogens is 3. The van der Waals surface area contributed by atoms with Gasteiger partial charge in [-0.2, -0.15) is 0 Å². The van der Waals surface area contributed by atoms with Crippen LogP contribution in [0.5, 0.6) is 11.6 Å². The Morgan fingerprint density at radius 2 is 1.81 bits per heavy atom. The van der Waals surface area contributed by atoms with Gasteiger partial charge in [-0.1, -0.05) is 18.7 Å². The van der Waals surface area contributed by atoms with Crippen LogP contribution in [0, 0.1) is 0 Å². The SMILES string of the molecule is C=CCOc1cccc(-c2ccc(OC(F)(F)F)cc2)n1. The van der Waals surface area contributed by atoms with Crippen LogP contribution >= 0.6 is 0 Å². The average Bonchev–Trinajstić information content (AvgIpc) is 2.44. The van der Waals surface area contributed by atoms with E-state index in [2.05, 4.69) is 16.3 Å². The highest BCUT2D eigenvalue weighted by Gasteiger charge is 2.30. The van der Waals surface area contributed by atoms with Crippen LogP contribution in [0.2, 0.25) is 0 Å². The summed E-state index contributed by atoms with van der Waals surface area (Å²) in [5, 5.41) is 0. The number of benzene rings is 1. The van der Waals surface area contributed by atoms with Crippen molar-refractivity contribution in [3.63, 3.8) is 0 Å².